The van der Waals surface area contributed by atoms with Crippen molar-refractivity contribution in [3.05, 3.63) is 29.3 Å². The Hall–Kier alpha value is -1.94. The molecule has 2 amide bonds. The average molecular weight is 310 g/mol. The number of nitrogens with two attached hydrogens (primary N) is 1. The molecule has 7 heteroatoms. The van der Waals surface area contributed by atoms with E-state index in [0.717, 1.165) is 25.7 Å². The van der Waals surface area contributed by atoms with E-state index in [1.807, 2.05) is 0 Å². The van der Waals surface area contributed by atoms with Crippen molar-refractivity contribution in [1.29, 1.82) is 0 Å². The monoisotopic (exact) mass is 310 g/mol. The smallest absolute Gasteiger partial charge is 0.395 e. The Bertz CT molecular complexity index is 520. The van der Waals surface area contributed by atoms with Crippen LogP contribution < -0.4 is 15.6 Å². The molecule has 1 aromatic carbocycles. The summed E-state index contributed by atoms with van der Waals surface area (Å²) in [5.41, 5.74) is 5.57. The molecule has 0 aliphatic carbocycles. The highest BCUT2D eigenvalue weighted by Crippen LogP contribution is 2.23. The van der Waals surface area contributed by atoms with Gasteiger partial charge in [0.2, 0.25) is 5.91 Å². The van der Waals surface area contributed by atoms with Gasteiger partial charge in [0.1, 0.15) is 5.75 Å². The Morgan fingerprint density at radius 2 is 2.05 bits per heavy atom. The second kappa shape index (κ2) is 9.08. The van der Waals surface area contributed by atoms with Gasteiger partial charge in [0.25, 0.3) is 5.91 Å². The van der Waals surface area contributed by atoms with Gasteiger partial charge in [0, 0.05) is 12.1 Å². The summed E-state index contributed by atoms with van der Waals surface area (Å²) in [7, 11) is -0.603. The fraction of sp³-hybridized carbons (Fsp3) is 0.429. The van der Waals surface area contributed by atoms with Gasteiger partial charge >= 0.3 is 8.69 Å². The molecule has 1 rings (SSSR count). The van der Waals surface area contributed by atoms with Crippen molar-refractivity contribution in [3.63, 3.8) is 0 Å². The highest BCUT2D eigenvalue weighted by molar-refractivity contribution is 7.17. The van der Waals surface area contributed by atoms with E-state index in [-0.39, 0.29) is 22.8 Å². The van der Waals surface area contributed by atoms with E-state index in [9.17, 15) is 14.2 Å². The summed E-state index contributed by atoms with van der Waals surface area (Å²) in [6.45, 7) is 2.68. The third kappa shape index (κ3) is 5.52. The summed E-state index contributed by atoms with van der Waals surface area (Å²) in [6.07, 6.45) is 4.21. The molecule has 0 heterocycles. The molecule has 0 spiro atoms. The predicted octanol–water partition coefficient (Wildman–Crippen LogP) is 2.68. The van der Waals surface area contributed by atoms with Crippen molar-refractivity contribution in [1.82, 2.24) is 5.32 Å². The number of hydrogen-bond acceptors (Lipinski definition) is 4. The summed E-state index contributed by atoms with van der Waals surface area (Å²) >= 11 is 0. The van der Waals surface area contributed by atoms with Crippen LogP contribution in [0.25, 0.3) is 0 Å². The minimum atomic E-state index is -0.645. The second-order valence-electron chi connectivity index (χ2n) is 4.56. The van der Waals surface area contributed by atoms with Crippen LogP contribution in [0.2, 0.25) is 0 Å². The standard InChI is InChI=1S/C14H19N2O4P/c1-2-3-4-5-8-16-14(18)11-7-6-10(13(15)17)9-12(11)20-21-19/h6-7,9H,2-5,8H2,1H3,(H2,15,17)(H,16,18). The normalized spacial score (nSPS) is 10.3. The quantitative estimate of drug-likeness (QED) is 0.541. The SMILES string of the molecule is CCCCCCNC(=O)c1ccc(C(N)=O)cc1OP=O. The number of hydrogen-bond donors (Lipinski definition) is 2. The van der Waals surface area contributed by atoms with E-state index >= 15 is 0 Å². The Morgan fingerprint density at radius 3 is 2.67 bits per heavy atom. The third-order valence-electron chi connectivity index (χ3n) is 2.96. The number of nitrogens with one attached hydrogen (secondary N) is 1. The number of carbonyl (C=O) groups is 2. The molecule has 0 radical (unpaired) electrons. The molecule has 0 aliphatic heterocycles. The lowest BCUT2D eigenvalue weighted by Gasteiger charge is -2.09. The van der Waals surface area contributed by atoms with E-state index < -0.39 is 14.6 Å². The van der Waals surface area contributed by atoms with Crippen molar-refractivity contribution in [2.75, 3.05) is 6.54 Å². The van der Waals surface area contributed by atoms with Gasteiger partial charge < -0.3 is 15.6 Å². The first kappa shape index (κ1) is 17.1. The highest BCUT2D eigenvalue weighted by Gasteiger charge is 2.15. The molecular formula is C14H19N2O4P. The van der Waals surface area contributed by atoms with Crippen LogP contribution in [0.1, 0.15) is 53.3 Å². The number of carbonyl (C=O) groups excluding carboxylic acids is 2. The molecule has 6 nitrogen and oxygen atoms in total. The van der Waals surface area contributed by atoms with E-state index in [2.05, 4.69) is 12.2 Å². The minimum Gasteiger partial charge on any atom is -0.407 e. The number of primary amides is 1. The summed E-state index contributed by atoms with van der Waals surface area (Å²) in [4.78, 5) is 23.1. The molecule has 0 unspecified atom stereocenters. The van der Waals surface area contributed by atoms with Crippen molar-refractivity contribution < 1.29 is 18.7 Å². The molecule has 3 N–H and O–H groups in total. The molecule has 0 aliphatic rings. The van der Waals surface area contributed by atoms with Crippen LogP contribution >= 0.6 is 8.69 Å². The van der Waals surface area contributed by atoms with Gasteiger partial charge in [-0.3, -0.25) is 9.59 Å². The maximum absolute atomic E-state index is 12.0. The summed E-state index contributed by atoms with van der Waals surface area (Å²) in [5.74, 6) is -0.913. The molecule has 0 saturated heterocycles. The van der Waals surface area contributed by atoms with Gasteiger partial charge in [-0.25, -0.2) is 4.57 Å². The van der Waals surface area contributed by atoms with Gasteiger partial charge in [-0.05, 0) is 24.6 Å². The van der Waals surface area contributed by atoms with E-state index in [1.54, 1.807) is 0 Å². The maximum atomic E-state index is 12.0. The zero-order valence-electron chi connectivity index (χ0n) is 11.9. The largest absolute Gasteiger partial charge is 0.407 e. The van der Waals surface area contributed by atoms with Crippen LogP contribution in [0.5, 0.6) is 5.75 Å². The molecule has 1 aromatic rings. The van der Waals surface area contributed by atoms with Crippen LogP contribution in [0, 0.1) is 0 Å². The van der Waals surface area contributed by atoms with Gasteiger partial charge in [0.15, 0.2) is 0 Å². The van der Waals surface area contributed by atoms with Crippen LogP contribution in [0.15, 0.2) is 18.2 Å². The first-order valence-corrected chi connectivity index (χ1v) is 7.55. The molecular weight excluding hydrogens is 291 g/mol. The Balaban J connectivity index is 2.73. The number of benzene rings is 1. The lowest BCUT2D eigenvalue weighted by atomic mass is 10.1. The first-order valence-electron chi connectivity index (χ1n) is 6.81. The molecule has 0 fully saturated rings. The van der Waals surface area contributed by atoms with Gasteiger partial charge in [-0.2, -0.15) is 0 Å². The molecule has 0 bridgehead atoms. The average Bonchev–Trinajstić information content (AvgIpc) is 2.47. The van der Waals surface area contributed by atoms with Gasteiger partial charge in [0.05, 0.1) is 5.56 Å². The summed E-state index contributed by atoms with van der Waals surface area (Å²) in [5, 5.41) is 2.77. The van der Waals surface area contributed by atoms with E-state index in [4.69, 9.17) is 10.3 Å². The molecule has 0 aromatic heterocycles. The molecule has 0 saturated carbocycles. The highest BCUT2D eigenvalue weighted by atomic mass is 31.1. The number of amides is 2. The van der Waals surface area contributed by atoms with Crippen molar-refractivity contribution in [2.24, 2.45) is 5.73 Å². The summed E-state index contributed by atoms with van der Waals surface area (Å²) < 4.78 is 15.4. The van der Waals surface area contributed by atoms with Crippen molar-refractivity contribution in [3.8, 4) is 5.75 Å². The number of unbranched alkanes of at least 4 members (excludes halogenated alkanes) is 3. The lowest BCUT2D eigenvalue weighted by molar-refractivity contribution is 0.0948. The lowest BCUT2D eigenvalue weighted by Crippen LogP contribution is -2.25. The maximum Gasteiger partial charge on any atom is 0.395 e. The van der Waals surface area contributed by atoms with Crippen molar-refractivity contribution >= 4 is 20.5 Å². The third-order valence-corrected chi connectivity index (χ3v) is 3.23. The molecule has 114 valence electrons. The zero-order valence-corrected chi connectivity index (χ0v) is 12.8. The Labute approximate surface area is 125 Å². The van der Waals surface area contributed by atoms with Crippen LogP contribution in [-0.4, -0.2) is 18.4 Å². The second-order valence-corrected chi connectivity index (χ2v) is 4.89. The predicted molar refractivity (Wildman–Crippen MR) is 79.7 cm³/mol. The minimum absolute atomic E-state index is 0.0639. The fourth-order valence-electron chi connectivity index (χ4n) is 1.83. The van der Waals surface area contributed by atoms with Crippen molar-refractivity contribution in [2.45, 2.75) is 32.6 Å². The summed E-state index contributed by atoms with van der Waals surface area (Å²) in [6, 6.07) is 4.17. The fourth-order valence-corrected chi connectivity index (χ4v) is 2.06. The van der Waals surface area contributed by atoms with E-state index in [1.165, 1.54) is 18.2 Å². The first-order chi connectivity index (χ1) is 10.1. The van der Waals surface area contributed by atoms with Crippen LogP contribution in [0.3, 0.4) is 0 Å². The Kier molecular flexibility index (Phi) is 7.40. The van der Waals surface area contributed by atoms with E-state index in [0.29, 0.717) is 6.54 Å². The zero-order chi connectivity index (χ0) is 15.7. The van der Waals surface area contributed by atoms with Crippen LogP contribution in [-0.2, 0) is 4.57 Å². The number of rotatable bonds is 9. The topological polar surface area (TPSA) is 98.5 Å². The molecule has 0 atom stereocenters. The van der Waals surface area contributed by atoms with Crippen LogP contribution in [0.4, 0.5) is 0 Å². The van der Waals surface area contributed by atoms with Gasteiger partial charge in [-0.15, -0.1) is 0 Å². The molecule has 21 heavy (non-hydrogen) atoms. The van der Waals surface area contributed by atoms with Gasteiger partial charge in [-0.1, -0.05) is 26.2 Å². The Morgan fingerprint density at radius 1 is 1.29 bits per heavy atom.